The topological polar surface area (TPSA) is 105 Å². The van der Waals surface area contributed by atoms with Crippen LogP contribution in [0.3, 0.4) is 0 Å². The highest BCUT2D eigenvalue weighted by atomic mass is 16.4. The summed E-state index contributed by atoms with van der Waals surface area (Å²) in [5.74, 6) is 0.190. The van der Waals surface area contributed by atoms with Crippen LogP contribution in [0, 0.1) is 0 Å². The van der Waals surface area contributed by atoms with E-state index in [-0.39, 0.29) is 19.4 Å². The maximum Gasteiger partial charge on any atom is 0.343 e. The summed E-state index contributed by atoms with van der Waals surface area (Å²) in [5, 5.41) is 3.05. The van der Waals surface area contributed by atoms with Crippen molar-refractivity contribution in [3.05, 3.63) is 66.6 Å². The average molecular weight is 390 g/mol. The Morgan fingerprint density at radius 1 is 1.03 bits per heavy atom. The Balaban J connectivity index is 1.51. The molecule has 0 atom stereocenters. The van der Waals surface area contributed by atoms with Gasteiger partial charge in [-0.05, 0) is 0 Å². The van der Waals surface area contributed by atoms with E-state index < -0.39 is 17.8 Å². The fourth-order valence-corrected chi connectivity index (χ4v) is 3.01. The second-order valence-electron chi connectivity index (χ2n) is 6.49. The molecule has 4 amide bonds. The standard InChI is InChI=1S/C21H18N4O4/c26-16(24-25-13-17(27)22-21(25)28)11-12-18-23-19(14-7-3-1-4-8-14)20(29-18)15-9-5-2-6-10-15/h1-10H,11-13H2,(H,24,26)(H,22,27,28). The number of hydrogen-bond donors (Lipinski definition) is 2. The van der Waals surface area contributed by atoms with Gasteiger partial charge in [0.15, 0.2) is 11.7 Å². The molecule has 1 aliphatic heterocycles. The third-order valence-corrected chi connectivity index (χ3v) is 4.37. The number of aryl methyl sites for hydroxylation is 1. The maximum atomic E-state index is 12.1. The van der Waals surface area contributed by atoms with E-state index in [2.05, 4.69) is 15.7 Å². The number of hydrazine groups is 1. The van der Waals surface area contributed by atoms with Gasteiger partial charge in [0.05, 0.1) is 0 Å². The van der Waals surface area contributed by atoms with Crippen LogP contribution in [0.1, 0.15) is 12.3 Å². The Morgan fingerprint density at radius 3 is 2.31 bits per heavy atom. The molecule has 3 aromatic rings. The Kier molecular flexibility index (Phi) is 5.07. The van der Waals surface area contributed by atoms with E-state index >= 15 is 0 Å². The smallest absolute Gasteiger partial charge is 0.343 e. The fourth-order valence-electron chi connectivity index (χ4n) is 3.01. The van der Waals surface area contributed by atoms with Crippen molar-refractivity contribution >= 4 is 17.8 Å². The van der Waals surface area contributed by atoms with E-state index in [0.29, 0.717) is 17.3 Å². The average Bonchev–Trinajstić information content (AvgIpc) is 3.30. The second-order valence-corrected chi connectivity index (χ2v) is 6.49. The molecule has 4 rings (SSSR count). The van der Waals surface area contributed by atoms with E-state index in [0.717, 1.165) is 16.1 Å². The van der Waals surface area contributed by atoms with E-state index in [1.54, 1.807) is 0 Å². The monoisotopic (exact) mass is 390 g/mol. The predicted octanol–water partition coefficient (Wildman–Crippen LogP) is 2.52. The molecule has 1 aromatic heterocycles. The van der Waals surface area contributed by atoms with Crippen LogP contribution in [0.4, 0.5) is 4.79 Å². The number of aromatic nitrogens is 1. The highest BCUT2D eigenvalue weighted by molar-refractivity contribution is 6.02. The minimum atomic E-state index is -0.641. The summed E-state index contributed by atoms with van der Waals surface area (Å²) in [6.45, 7) is -0.195. The van der Waals surface area contributed by atoms with Gasteiger partial charge in [-0.15, -0.1) is 0 Å². The summed E-state index contributed by atoms with van der Waals surface area (Å²) < 4.78 is 5.98. The number of nitrogens with one attached hydrogen (secondary N) is 2. The summed E-state index contributed by atoms with van der Waals surface area (Å²) >= 11 is 0. The first-order valence-corrected chi connectivity index (χ1v) is 9.11. The van der Waals surface area contributed by atoms with Gasteiger partial charge in [-0.25, -0.2) is 14.8 Å². The largest absolute Gasteiger partial charge is 0.440 e. The van der Waals surface area contributed by atoms with Crippen LogP contribution in [-0.2, 0) is 16.0 Å². The van der Waals surface area contributed by atoms with Crippen molar-refractivity contribution < 1.29 is 18.8 Å². The van der Waals surface area contributed by atoms with Gasteiger partial charge in [0, 0.05) is 24.0 Å². The second kappa shape index (κ2) is 7.97. The maximum absolute atomic E-state index is 12.1. The number of rotatable bonds is 6. The summed E-state index contributed by atoms with van der Waals surface area (Å²) in [6, 6.07) is 18.7. The molecule has 8 heteroatoms. The van der Waals surface area contributed by atoms with Gasteiger partial charge >= 0.3 is 6.03 Å². The molecule has 1 aliphatic rings. The minimum Gasteiger partial charge on any atom is -0.440 e. The molecule has 2 heterocycles. The molecule has 29 heavy (non-hydrogen) atoms. The molecule has 8 nitrogen and oxygen atoms in total. The lowest BCUT2D eigenvalue weighted by Gasteiger charge is -2.13. The minimum absolute atomic E-state index is 0.0565. The number of benzene rings is 2. The van der Waals surface area contributed by atoms with Crippen molar-refractivity contribution in [2.24, 2.45) is 0 Å². The van der Waals surface area contributed by atoms with E-state index in [4.69, 9.17) is 4.42 Å². The van der Waals surface area contributed by atoms with Crippen molar-refractivity contribution in [3.63, 3.8) is 0 Å². The van der Waals surface area contributed by atoms with Crippen LogP contribution in [-0.4, -0.2) is 34.4 Å². The quantitative estimate of drug-likeness (QED) is 0.630. The van der Waals surface area contributed by atoms with E-state index in [9.17, 15) is 14.4 Å². The molecule has 2 aromatic carbocycles. The first-order chi connectivity index (χ1) is 14.1. The molecule has 146 valence electrons. The van der Waals surface area contributed by atoms with Crippen molar-refractivity contribution in [3.8, 4) is 22.6 Å². The number of urea groups is 1. The van der Waals surface area contributed by atoms with E-state index in [1.165, 1.54) is 0 Å². The van der Waals surface area contributed by atoms with Gasteiger partial charge in [-0.1, -0.05) is 60.7 Å². The SMILES string of the molecule is O=C1CN(NC(=O)CCc2nc(-c3ccccc3)c(-c3ccccc3)o2)C(=O)N1. The van der Waals surface area contributed by atoms with Crippen molar-refractivity contribution in [2.75, 3.05) is 6.54 Å². The molecular formula is C21H18N4O4. The van der Waals surface area contributed by atoms with Gasteiger partial charge in [-0.2, -0.15) is 0 Å². The molecule has 0 aliphatic carbocycles. The van der Waals surface area contributed by atoms with E-state index in [1.807, 2.05) is 60.7 Å². The van der Waals surface area contributed by atoms with Crippen LogP contribution in [0.2, 0.25) is 0 Å². The highest BCUT2D eigenvalue weighted by Gasteiger charge is 2.28. The lowest BCUT2D eigenvalue weighted by molar-refractivity contribution is -0.125. The van der Waals surface area contributed by atoms with Crippen molar-refractivity contribution in [1.29, 1.82) is 0 Å². The third kappa shape index (κ3) is 4.16. The van der Waals surface area contributed by atoms with Gasteiger partial charge in [0.2, 0.25) is 11.8 Å². The fraction of sp³-hybridized carbons (Fsp3) is 0.143. The van der Waals surface area contributed by atoms with Crippen LogP contribution in [0.25, 0.3) is 22.6 Å². The zero-order valence-corrected chi connectivity index (χ0v) is 15.4. The third-order valence-electron chi connectivity index (χ3n) is 4.37. The Hall–Kier alpha value is -3.94. The van der Waals surface area contributed by atoms with Gasteiger partial charge in [-0.3, -0.25) is 20.3 Å². The molecule has 1 saturated heterocycles. The van der Waals surface area contributed by atoms with Gasteiger partial charge in [0.25, 0.3) is 0 Å². The predicted molar refractivity (Wildman–Crippen MR) is 104 cm³/mol. The van der Waals surface area contributed by atoms with Crippen molar-refractivity contribution in [2.45, 2.75) is 12.8 Å². The first kappa shape index (κ1) is 18.4. The molecule has 0 spiro atoms. The number of hydrogen-bond acceptors (Lipinski definition) is 5. The van der Waals surface area contributed by atoms with Gasteiger partial charge < -0.3 is 4.42 Å². The number of carbonyl (C=O) groups is 3. The highest BCUT2D eigenvalue weighted by Crippen LogP contribution is 2.32. The summed E-state index contributed by atoms with van der Waals surface area (Å²) in [4.78, 5) is 39.4. The normalized spacial score (nSPS) is 13.4. The first-order valence-electron chi connectivity index (χ1n) is 9.11. The zero-order valence-electron chi connectivity index (χ0n) is 15.4. The molecule has 2 N–H and O–H groups in total. The molecular weight excluding hydrogens is 372 g/mol. The molecule has 0 radical (unpaired) electrons. The van der Waals surface area contributed by atoms with Crippen LogP contribution in [0.5, 0.6) is 0 Å². The molecule has 1 fully saturated rings. The number of imide groups is 1. The number of amides is 4. The summed E-state index contributed by atoms with van der Waals surface area (Å²) in [5.41, 5.74) is 4.92. The van der Waals surface area contributed by atoms with Gasteiger partial charge in [0.1, 0.15) is 12.2 Å². The summed E-state index contributed by atoms with van der Waals surface area (Å²) in [7, 11) is 0. The summed E-state index contributed by atoms with van der Waals surface area (Å²) in [6.07, 6.45) is 0.308. The zero-order chi connectivity index (χ0) is 20.2. The Morgan fingerprint density at radius 2 is 1.69 bits per heavy atom. The molecule has 0 bridgehead atoms. The Labute approximate surface area is 166 Å². The number of oxazole rings is 1. The molecule has 0 unspecified atom stereocenters. The number of carbonyl (C=O) groups excluding carboxylic acids is 3. The Bertz CT molecular complexity index is 990. The van der Waals surface area contributed by atoms with Crippen LogP contribution >= 0.6 is 0 Å². The lowest BCUT2D eigenvalue weighted by Crippen LogP contribution is -2.44. The van der Waals surface area contributed by atoms with Crippen LogP contribution in [0.15, 0.2) is 65.1 Å². The van der Waals surface area contributed by atoms with Crippen molar-refractivity contribution in [1.82, 2.24) is 20.7 Å². The number of nitrogens with zero attached hydrogens (tertiary/aromatic N) is 2. The molecule has 0 saturated carbocycles. The lowest BCUT2D eigenvalue weighted by atomic mass is 10.1. The van der Waals surface area contributed by atoms with Crippen LogP contribution < -0.4 is 10.7 Å².